The molecule has 0 fully saturated rings. The first-order valence-electron chi connectivity index (χ1n) is 4.78. The smallest absolute Gasteiger partial charge is 0.285 e. The zero-order valence-electron chi connectivity index (χ0n) is 8.55. The second kappa shape index (κ2) is 3.79. The number of fused-ring (bicyclic) bond motifs is 1. The highest BCUT2D eigenvalue weighted by Crippen LogP contribution is 2.38. The monoisotopic (exact) mass is 203 g/mol. The molecule has 0 saturated heterocycles. The van der Waals surface area contributed by atoms with E-state index < -0.39 is 6.41 Å². The van der Waals surface area contributed by atoms with Crippen LogP contribution < -0.4 is 9.64 Å². The van der Waals surface area contributed by atoms with Crippen LogP contribution in [0.25, 0.3) is 0 Å². The van der Waals surface area contributed by atoms with Crippen LogP contribution in [-0.4, -0.2) is 11.5 Å². The minimum absolute atomic E-state index is 0.677. The number of hydrogen-bond acceptors (Lipinski definition) is 3. The Bertz CT molecular complexity index is 412. The maximum atomic E-state index is 9.72. The van der Waals surface area contributed by atoms with Gasteiger partial charge in [-0.15, -0.1) is 0 Å². The topological polar surface area (TPSA) is 32.7 Å². The molecule has 0 bridgehead atoms. The van der Waals surface area contributed by atoms with Gasteiger partial charge in [0.15, 0.2) is 0 Å². The third-order valence-electron chi connectivity index (χ3n) is 2.25. The van der Waals surface area contributed by atoms with Crippen LogP contribution in [0.15, 0.2) is 48.7 Å². The van der Waals surface area contributed by atoms with Gasteiger partial charge in [0.1, 0.15) is 5.75 Å². The molecule has 1 aromatic carbocycles. The molecule has 1 aliphatic heterocycles. The number of para-hydroxylation sites is 2. The van der Waals surface area contributed by atoms with Gasteiger partial charge in [-0.05, 0) is 25.1 Å². The first kappa shape index (κ1) is 9.80. The molecule has 1 heterocycles. The average molecular weight is 203 g/mol. The molecule has 0 saturated carbocycles. The molecule has 0 aromatic heterocycles. The first-order valence-corrected chi connectivity index (χ1v) is 4.78. The van der Waals surface area contributed by atoms with Gasteiger partial charge in [0, 0.05) is 5.70 Å². The summed E-state index contributed by atoms with van der Waals surface area (Å²) in [4.78, 5) is 1.65. The lowest BCUT2D eigenvalue weighted by molar-refractivity contribution is 0.00275. The summed E-state index contributed by atoms with van der Waals surface area (Å²) in [6.45, 7) is 5.78. The zero-order chi connectivity index (χ0) is 10.8. The summed E-state index contributed by atoms with van der Waals surface area (Å²) >= 11 is 0. The van der Waals surface area contributed by atoms with Crippen molar-refractivity contribution in [2.45, 2.75) is 13.3 Å². The van der Waals surface area contributed by atoms with Gasteiger partial charge in [0.2, 0.25) is 0 Å². The molecule has 1 N–H and O–H groups in total. The average Bonchev–Trinajstić information content (AvgIpc) is 2.54. The first-order chi connectivity index (χ1) is 7.24. The Hall–Kier alpha value is -1.74. The predicted molar refractivity (Wildman–Crippen MR) is 59.5 cm³/mol. The lowest BCUT2D eigenvalue weighted by Crippen LogP contribution is -2.32. The van der Waals surface area contributed by atoms with Crippen molar-refractivity contribution in [1.82, 2.24) is 0 Å². The van der Waals surface area contributed by atoms with Crippen molar-refractivity contribution in [3.63, 3.8) is 0 Å². The molecule has 1 atom stereocenters. The summed E-state index contributed by atoms with van der Waals surface area (Å²) in [5.74, 6) is 0.677. The molecule has 0 amide bonds. The number of ether oxygens (including phenoxy) is 1. The van der Waals surface area contributed by atoms with Crippen molar-refractivity contribution in [1.29, 1.82) is 0 Å². The third-order valence-corrected chi connectivity index (χ3v) is 2.25. The highest BCUT2D eigenvalue weighted by molar-refractivity contribution is 5.66. The molecule has 78 valence electrons. The van der Waals surface area contributed by atoms with Crippen molar-refractivity contribution in [2.24, 2.45) is 0 Å². The Labute approximate surface area is 88.9 Å². The van der Waals surface area contributed by atoms with E-state index in [9.17, 15) is 5.11 Å². The second-order valence-electron chi connectivity index (χ2n) is 3.27. The van der Waals surface area contributed by atoms with E-state index in [1.165, 1.54) is 0 Å². The largest absolute Gasteiger partial charge is 0.444 e. The highest BCUT2D eigenvalue weighted by atomic mass is 16.6. The standard InChI is InChI=1S/C12H13NO2/c1-3-6-9(2)13-10-7-4-5-8-11(10)15-12(13)14/h3-8,12,14H,2H2,1H3/b6-3+. The van der Waals surface area contributed by atoms with Crippen LogP contribution in [0.2, 0.25) is 0 Å². The van der Waals surface area contributed by atoms with Gasteiger partial charge in [-0.25, -0.2) is 0 Å². The third kappa shape index (κ3) is 1.62. The fraction of sp³-hybridized carbons (Fsp3) is 0.167. The summed E-state index contributed by atoms with van der Waals surface area (Å²) < 4.78 is 5.27. The van der Waals surface area contributed by atoms with Crippen molar-refractivity contribution < 1.29 is 9.84 Å². The van der Waals surface area contributed by atoms with Crippen molar-refractivity contribution in [2.75, 3.05) is 4.90 Å². The minimum Gasteiger partial charge on any atom is -0.444 e. The summed E-state index contributed by atoms with van der Waals surface area (Å²) in [7, 11) is 0. The molecule has 1 aromatic rings. The second-order valence-corrected chi connectivity index (χ2v) is 3.27. The highest BCUT2D eigenvalue weighted by Gasteiger charge is 2.29. The maximum absolute atomic E-state index is 9.72. The number of hydrogen-bond donors (Lipinski definition) is 1. The molecule has 2 rings (SSSR count). The van der Waals surface area contributed by atoms with Gasteiger partial charge in [-0.2, -0.15) is 0 Å². The van der Waals surface area contributed by atoms with Crippen molar-refractivity contribution in [3.8, 4) is 5.75 Å². The van der Waals surface area contributed by atoms with Crippen LogP contribution in [0.5, 0.6) is 5.75 Å². The molecular formula is C12H13NO2. The predicted octanol–water partition coefficient (Wildman–Crippen LogP) is 2.25. The minimum atomic E-state index is -0.980. The van der Waals surface area contributed by atoms with E-state index in [2.05, 4.69) is 6.58 Å². The van der Waals surface area contributed by atoms with Gasteiger partial charge >= 0.3 is 0 Å². The Balaban J connectivity index is 2.37. The van der Waals surface area contributed by atoms with E-state index in [0.717, 1.165) is 5.69 Å². The molecule has 15 heavy (non-hydrogen) atoms. The summed E-state index contributed by atoms with van der Waals surface area (Å²) in [5.41, 5.74) is 1.54. The fourth-order valence-electron chi connectivity index (χ4n) is 1.61. The summed E-state index contributed by atoms with van der Waals surface area (Å²) in [6.07, 6.45) is 2.72. The lowest BCUT2D eigenvalue weighted by Gasteiger charge is -2.20. The van der Waals surface area contributed by atoms with Gasteiger partial charge in [0.25, 0.3) is 6.41 Å². The fourth-order valence-corrected chi connectivity index (χ4v) is 1.61. The Morgan fingerprint density at radius 1 is 1.53 bits per heavy atom. The normalized spacial score (nSPS) is 19.1. The summed E-state index contributed by atoms with van der Waals surface area (Å²) in [5, 5.41) is 9.72. The Kier molecular flexibility index (Phi) is 2.47. The SMILES string of the molecule is C=C(/C=C/C)N1c2ccccc2OC1O. The maximum Gasteiger partial charge on any atom is 0.285 e. The number of nitrogens with zero attached hydrogens (tertiary/aromatic N) is 1. The van der Waals surface area contributed by atoms with Crippen LogP contribution in [0.4, 0.5) is 5.69 Å². The Morgan fingerprint density at radius 3 is 3.00 bits per heavy atom. The van der Waals surface area contributed by atoms with Crippen LogP contribution in [0.3, 0.4) is 0 Å². The van der Waals surface area contributed by atoms with Crippen molar-refractivity contribution >= 4 is 5.69 Å². The number of rotatable bonds is 2. The van der Waals surface area contributed by atoms with Crippen LogP contribution in [-0.2, 0) is 0 Å². The number of benzene rings is 1. The van der Waals surface area contributed by atoms with E-state index >= 15 is 0 Å². The molecule has 3 heteroatoms. The van der Waals surface area contributed by atoms with Crippen LogP contribution in [0.1, 0.15) is 6.92 Å². The van der Waals surface area contributed by atoms with E-state index in [0.29, 0.717) is 11.4 Å². The molecule has 0 radical (unpaired) electrons. The van der Waals surface area contributed by atoms with Crippen molar-refractivity contribution in [3.05, 3.63) is 48.7 Å². The Morgan fingerprint density at radius 2 is 2.27 bits per heavy atom. The lowest BCUT2D eigenvalue weighted by atomic mass is 10.2. The number of anilines is 1. The quantitative estimate of drug-likeness (QED) is 0.748. The number of aliphatic hydroxyl groups is 1. The zero-order valence-corrected chi connectivity index (χ0v) is 8.55. The van der Waals surface area contributed by atoms with Gasteiger partial charge < -0.3 is 9.84 Å². The molecule has 1 aliphatic rings. The number of allylic oxidation sites excluding steroid dienone is 2. The number of aliphatic hydroxyl groups excluding tert-OH is 1. The molecule has 3 nitrogen and oxygen atoms in total. The van der Waals surface area contributed by atoms with Crippen LogP contribution in [0, 0.1) is 0 Å². The van der Waals surface area contributed by atoms with Gasteiger partial charge in [-0.1, -0.05) is 24.8 Å². The van der Waals surface area contributed by atoms with E-state index in [-0.39, 0.29) is 0 Å². The molecule has 0 aliphatic carbocycles. The van der Waals surface area contributed by atoms with Gasteiger partial charge in [-0.3, -0.25) is 4.90 Å². The summed E-state index contributed by atoms with van der Waals surface area (Å²) in [6, 6.07) is 7.48. The van der Waals surface area contributed by atoms with Gasteiger partial charge in [0.05, 0.1) is 5.69 Å². The molecule has 0 spiro atoms. The van der Waals surface area contributed by atoms with E-state index in [1.807, 2.05) is 43.3 Å². The molecular weight excluding hydrogens is 190 g/mol. The van der Waals surface area contributed by atoms with Crippen LogP contribution >= 0.6 is 0 Å². The van der Waals surface area contributed by atoms with E-state index in [1.54, 1.807) is 4.90 Å². The molecule has 1 unspecified atom stereocenters. The van der Waals surface area contributed by atoms with E-state index in [4.69, 9.17) is 4.74 Å².